The molecule has 0 aromatic heterocycles. The number of nitrogens with zero attached hydrogens (tertiary/aromatic N) is 1. The van der Waals surface area contributed by atoms with Crippen molar-refractivity contribution in [2.45, 2.75) is 92.7 Å². The van der Waals surface area contributed by atoms with Gasteiger partial charge in [0.15, 0.2) is 0 Å². The van der Waals surface area contributed by atoms with Gasteiger partial charge in [0, 0.05) is 38.0 Å². The van der Waals surface area contributed by atoms with E-state index in [4.69, 9.17) is 10.5 Å². The number of ether oxygens (including phenoxy) is 1. The zero-order valence-corrected chi connectivity index (χ0v) is 20.6. The molecule has 31 heavy (non-hydrogen) atoms. The summed E-state index contributed by atoms with van der Waals surface area (Å²) in [5.41, 5.74) is 4.60. The van der Waals surface area contributed by atoms with E-state index < -0.39 is 5.91 Å². The standard InChI is InChI=1S/C13H27NO2.C10H16N2O3/c1-10(2)7-8-16-13(5,6)9-12(15)14-11(3)4;1-6(2)7-5-9(14)12(10(7)15)4-3-8(11)13/h10-11H,7-9H2,1-6H3,(H,14,15);6-7H,3-5H2,1-2H3,(H2,11,13). The van der Waals surface area contributed by atoms with E-state index in [0.717, 1.165) is 17.9 Å². The Morgan fingerprint density at radius 2 is 1.74 bits per heavy atom. The minimum atomic E-state index is -0.497. The summed E-state index contributed by atoms with van der Waals surface area (Å²) >= 11 is 0. The van der Waals surface area contributed by atoms with Crippen molar-refractivity contribution >= 4 is 23.6 Å². The van der Waals surface area contributed by atoms with Gasteiger partial charge in [-0.25, -0.2) is 0 Å². The van der Waals surface area contributed by atoms with Gasteiger partial charge in [0.2, 0.25) is 23.6 Å². The van der Waals surface area contributed by atoms with Crippen molar-refractivity contribution in [2.75, 3.05) is 13.2 Å². The summed E-state index contributed by atoms with van der Waals surface area (Å²) in [5, 5.41) is 2.88. The summed E-state index contributed by atoms with van der Waals surface area (Å²) in [6.45, 7) is 16.9. The summed E-state index contributed by atoms with van der Waals surface area (Å²) in [5.74, 6) is -0.241. The van der Waals surface area contributed by atoms with E-state index >= 15 is 0 Å². The second-order valence-corrected chi connectivity index (χ2v) is 9.84. The van der Waals surface area contributed by atoms with Crippen LogP contribution in [0.5, 0.6) is 0 Å². The van der Waals surface area contributed by atoms with E-state index in [0.29, 0.717) is 12.3 Å². The summed E-state index contributed by atoms with van der Waals surface area (Å²) in [6.07, 6.45) is 1.76. The highest BCUT2D eigenvalue weighted by atomic mass is 16.5. The lowest BCUT2D eigenvalue weighted by Gasteiger charge is -2.25. The molecule has 0 aliphatic carbocycles. The number of carbonyl (C=O) groups excluding carboxylic acids is 4. The van der Waals surface area contributed by atoms with Gasteiger partial charge in [-0.15, -0.1) is 0 Å². The molecule has 1 unspecified atom stereocenters. The van der Waals surface area contributed by atoms with Crippen LogP contribution >= 0.6 is 0 Å². The van der Waals surface area contributed by atoms with Crippen LogP contribution in [-0.4, -0.2) is 53.3 Å². The second kappa shape index (κ2) is 13.5. The summed E-state index contributed by atoms with van der Waals surface area (Å²) in [4.78, 5) is 46.5. The molecule has 180 valence electrons. The normalized spacial score (nSPS) is 16.7. The van der Waals surface area contributed by atoms with Crippen molar-refractivity contribution < 1.29 is 23.9 Å². The van der Waals surface area contributed by atoms with Crippen LogP contribution in [0.2, 0.25) is 0 Å². The number of hydrogen-bond acceptors (Lipinski definition) is 5. The Morgan fingerprint density at radius 3 is 2.16 bits per heavy atom. The molecule has 1 saturated heterocycles. The van der Waals surface area contributed by atoms with Crippen molar-refractivity contribution in [3.63, 3.8) is 0 Å². The molecule has 0 aromatic carbocycles. The number of amides is 4. The first-order valence-corrected chi connectivity index (χ1v) is 11.2. The number of nitrogens with two attached hydrogens (primary N) is 1. The lowest BCUT2D eigenvalue weighted by Crippen LogP contribution is -2.37. The molecular weight excluding hydrogens is 398 g/mol. The molecule has 0 spiro atoms. The van der Waals surface area contributed by atoms with Gasteiger partial charge in [0.1, 0.15) is 0 Å². The number of likely N-dealkylation sites (tertiary alicyclic amines) is 1. The third-order valence-corrected chi connectivity index (χ3v) is 4.89. The lowest BCUT2D eigenvalue weighted by molar-refractivity contribution is -0.140. The predicted octanol–water partition coefficient (Wildman–Crippen LogP) is 2.64. The molecule has 1 aliphatic heterocycles. The summed E-state index contributed by atoms with van der Waals surface area (Å²) in [6, 6.07) is 0.193. The Labute approximate surface area is 187 Å². The Bertz CT molecular complexity index is 614. The van der Waals surface area contributed by atoms with E-state index in [-0.39, 0.29) is 60.6 Å². The maximum Gasteiger partial charge on any atom is 0.233 e. The molecule has 4 amide bonds. The first kappa shape index (κ1) is 29.0. The minimum absolute atomic E-state index is 0.0439. The maximum atomic E-state index is 11.7. The van der Waals surface area contributed by atoms with E-state index in [2.05, 4.69) is 19.2 Å². The molecule has 0 radical (unpaired) electrons. The highest BCUT2D eigenvalue weighted by molar-refractivity contribution is 6.03. The van der Waals surface area contributed by atoms with Crippen LogP contribution in [0.3, 0.4) is 0 Å². The van der Waals surface area contributed by atoms with Crippen LogP contribution in [0.1, 0.15) is 81.1 Å². The van der Waals surface area contributed by atoms with Crippen molar-refractivity contribution in [1.29, 1.82) is 0 Å². The molecule has 0 saturated carbocycles. The average Bonchev–Trinajstić information content (AvgIpc) is 2.86. The van der Waals surface area contributed by atoms with Crippen molar-refractivity contribution in [3.8, 4) is 0 Å². The van der Waals surface area contributed by atoms with Crippen LogP contribution in [0.25, 0.3) is 0 Å². The molecule has 1 aliphatic rings. The predicted molar refractivity (Wildman–Crippen MR) is 121 cm³/mol. The van der Waals surface area contributed by atoms with Gasteiger partial charge in [-0.05, 0) is 46.0 Å². The smallest absolute Gasteiger partial charge is 0.233 e. The van der Waals surface area contributed by atoms with Gasteiger partial charge in [-0.1, -0.05) is 27.7 Å². The van der Waals surface area contributed by atoms with Crippen LogP contribution in [0, 0.1) is 17.8 Å². The zero-order chi connectivity index (χ0) is 24.4. The quantitative estimate of drug-likeness (QED) is 0.478. The van der Waals surface area contributed by atoms with Crippen LogP contribution < -0.4 is 11.1 Å². The topological polar surface area (TPSA) is 119 Å². The zero-order valence-electron chi connectivity index (χ0n) is 20.6. The Hall–Kier alpha value is -1.96. The molecule has 3 N–H and O–H groups in total. The molecule has 0 aromatic rings. The van der Waals surface area contributed by atoms with Crippen molar-refractivity contribution in [1.82, 2.24) is 10.2 Å². The Kier molecular flexibility index (Phi) is 12.6. The number of nitrogens with one attached hydrogen (secondary N) is 1. The van der Waals surface area contributed by atoms with Gasteiger partial charge in [0.05, 0.1) is 12.0 Å². The Balaban J connectivity index is 0.000000581. The second-order valence-electron chi connectivity index (χ2n) is 9.84. The molecule has 1 atom stereocenters. The fraction of sp³-hybridized carbons (Fsp3) is 0.826. The highest BCUT2D eigenvalue weighted by Gasteiger charge is 2.39. The van der Waals surface area contributed by atoms with Gasteiger partial charge >= 0.3 is 0 Å². The van der Waals surface area contributed by atoms with E-state index in [9.17, 15) is 19.2 Å². The number of hydrogen-bond donors (Lipinski definition) is 2. The average molecular weight is 442 g/mol. The van der Waals surface area contributed by atoms with E-state index in [1.807, 2.05) is 41.5 Å². The SMILES string of the molecule is CC(C)C1CC(=O)N(CCC(N)=O)C1=O.CC(C)CCOC(C)(C)CC(=O)NC(C)C. The fourth-order valence-corrected chi connectivity index (χ4v) is 3.07. The molecule has 1 heterocycles. The van der Waals surface area contributed by atoms with Crippen molar-refractivity contribution in [2.24, 2.45) is 23.5 Å². The van der Waals surface area contributed by atoms with Crippen LogP contribution in [0.15, 0.2) is 0 Å². The van der Waals surface area contributed by atoms with E-state index in [1.54, 1.807) is 0 Å². The third kappa shape index (κ3) is 12.5. The van der Waals surface area contributed by atoms with Crippen LogP contribution in [-0.2, 0) is 23.9 Å². The molecular formula is C23H43N3O5. The molecule has 1 fully saturated rings. The fourth-order valence-electron chi connectivity index (χ4n) is 3.07. The number of imide groups is 1. The molecule has 8 nitrogen and oxygen atoms in total. The maximum absolute atomic E-state index is 11.7. The largest absolute Gasteiger partial charge is 0.375 e. The molecule has 1 rings (SSSR count). The number of rotatable bonds is 11. The van der Waals surface area contributed by atoms with Gasteiger partial charge in [0.25, 0.3) is 0 Å². The van der Waals surface area contributed by atoms with Gasteiger partial charge < -0.3 is 15.8 Å². The lowest BCUT2D eigenvalue weighted by atomic mass is 9.94. The molecule has 8 heteroatoms. The summed E-state index contributed by atoms with van der Waals surface area (Å²) in [7, 11) is 0. The van der Waals surface area contributed by atoms with Gasteiger partial charge in [-0.2, -0.15) is 0 Å². The minimum Gasteiger partial charge on any atom is -0.375 e. The number of primary amides is 1. The highest BCUT2D eigenvalue weighted by Crippen LogP contribution is 2.26. The number of carbonyl (C=O) groups is 4. The summed E-state index contributed by atoms with van der Waals surface area (Å²) < 4.78 is 5.73. The first-order valence-electron chi connectivity index (χ1n) is 11.2. The van der Waals surface area contributed by atoms with E-state index in [1.165, 1.54) is 0 Å². The van der Waals surface area contributed by atoms with Gasteiger partial charge in [-0.3, -0.25) is 24.1 Å². The third-order valence-electron chi connectivity index (χ3n) is 4.89. The monoisotopic (exact) mass is 441 g/mol. The van der Waals surface area contributed by atoms with Crippen molar-refractivity contribution in [3.05, 3.63) is 0 Å². The first-order chi connectivity index (χ1) is 14.2. The van der Waals surface area contributed by atoms with Crippen LogP contribution in [0.4, 0.5) is 0 Å². The Morgan fingerprint density at radius 1 is 1.16 bits per heavy atom. The molecule has 0 bridgehead atoms.